The van der Waals surface area contributed by atoms with Crippen molar-refractivity contribution in [2.45, 2.75) is 39.7 Å². The van der Waals surface area contributed by atoms with Crippen molar-refractivity contribution in [3.8, 4) is 0 Å². The summed E-state index contributed by atoms with van der Waals surface area (Å²) in [6.45, 7) is 6.23. The van der Waals surface area contributed by atoms with Crippen molar-refractivity contribution < 1.29 is 4.79 Å². The molecule has 1 aromatic carbocycles. The predicted molar refractivity (Wildman–Crippen MR) is 98.3 cm³/mol. The Bertz CT molecular complexity index is 786. The number of benzene rings is 1. The van der Waals surface area contributed by atoms with Gasteiger partial charge in [0, 0.05) is 22.1 Å². The molecule has 1 aromatic heterocycles. The zero-order valence-corrected chi connectivity index (χ0v) is 15.7. The number of hydrogen-bond acceptors (Lipinski definition) is 2. The molecule has 0 radical (unpaired) electrons. The Kier molecular flexibility index (Phi) is 5.87. The van der Waals surface area contributed by atoms with Gasteiger partial charge in [-0.25, -0.2) is 0 Å². The molecule has 6 heteroatoms. The van der Waals surface area contributed by atoms with Gasteiger partial charge in [0.15, 0.2) is 0 Å². The van der Waals surface area contributed by atoms with Gasteiger partial charge < -0.3 is 10.3 Å². The van der Waals surface area contributed by atoms with Crippen molar-refractivity contribution in [2.24, 2.45) is 5.92 Å². The Hall–Kier alpha value is -1.33. The third kappa shape index (κ3) is 4.36. The molecule has 1 amide bonds. The Balaban J connectivity index is 2.28. The molecule has 0 aliphatic rings. The summed E-state index contributed by atoms with van der Waals surface area (Å²) in [4.78, 5) is 27.9. The number of aromatic nitrogens is 1. The summed E-state index contributed by atoms with van der Waals surface area (Å²) in [5, 5.41) is 3.71. The van der Waals surface area contributed by atoms with Gasteiger partial charge in [0.25, 0.3) is 5.91 Å². The van der Waals surface area contributed by atoms with Gasteiger partial charge in [-0.3, -0.25) is 9.59 Å². The average Bonchev–Trinajstić information content (AvgIpc) is 2.46. The maximum atomic E-state index is 12.6. The number of carbonyl (C=O) groups excluding carboxylic acids is 1. The van der Waals surface area contributed by atoms with Crippen LogP contribution in [0.4, 0.5) is 0 Å². The van der Waals surface area contributed by atoms with Crippen LogP contribution >= 0.6 is 27.5 Å². The minimum absolute atomic E-state index is 0.0195. The van der Waals surface area contributed by atoms with Crippen LogP contribution in [-0.2, 0) is 0 Å². The van der Waals surface area contributed by atoms with Crippen LogP contribution in [-0.4, -0.2) is 16.9 Å². The molecule has 0 aliphatic carbocycles. The van der Waals surface area contributed by atoms with Crippen LogP contribution in [0.15, 0.2) is 27.6 Å². The van der Waals surface area contributed by atoms with Gasteiger partial charge in [-0.1, -0.05) is 41.4 Å². The fraction of sp³-hybridized carbons (Fsp3) is 0.412. The number of amides is 1. The number of halogens is 2. The summed E-state index contributed by atoms with van der Waals surface area (Å²) in [6.07, 6.45) is 3.33. The molecule has 0 unspecified atom stereocenters. The van der Waals surface area contributed by atoms with Crippen molar-refractivity contribution in [3.63, 3.8) is 0 Å². The summed E-state index contributed by atoms with van der Waals surface area (Å²) in [5.74, 6) is 0.221. The Morgan fingerprint density at radius 3 is 2.65 bits per heavy atom. The van der Waals surface area contributed by atoms with Crippen LogP contribution in [0.1, 0.15) is 44.0 Å². The van der Waals surface area contributed by atoms with E-state index in [-0.39, 0.29) is 22.9 Å². The molecule has 1 atom stereocenters. The Morgan fingerprint density at radius 2 is 2.00 bits per heavy atom. The van der Waals surface area contributed by atoms with Crippen LogP contribution in [0.3, 0.4) is 0 Å². The van der Waals surface area contributed by atoms with Gasteiger partial charge in [-0.05, 0) is 37.8 Å². The number of fused-ring (bicyclic) bond motifs is 1. The van der Waals surface area contributed by atoms with Gasteiger partial charge in [-0.2, -0.15) is 0 Å². The molecular formula is C17H20BrClN2O2. The maximum absolute atomic E-state index is 12.6. The highest BCUT2D eigenvalue weighted by molar-refractivity contribution is 9.10. The number of rotatable bonds is 5. The van der Waals surface area contributed by atoms with E-state index in [2.05, 4.69) is 40.1 Å². The predicted octanol–water partition coefficient (Wildman–Crippen LogP) is 4.50. The standard InChI is InChI=1S/C17H20BrClN2O2/c1-9(2)4-5-10(3)21-17(23)13-8-20-15-12(16(13)22)6-11(18)7-14(15)19/h6-10H,4-5H2,1-3H3,(H,20,22)(H,21,23)/t10-/m1/s1. The fourth-order valence-electron chi connectivity index (χ4n) is 2.38. The summed E-state index contributed by atoms with van der Waals surface area (Å²) >= 11 is 9.44. The second kappa shape index (κ2) is 7.49. The van der Waals surface area contributed by atoms with Gasteiger partial charge in [-0.15, -0.1) is 0 Å². The number of aromatic amines is 1. The van der Waals surface area contributed by atoms with E-state index in [0.717, 1.165) is 12.8 Å². The molecule has 124 valence electrons. The minimum Gasteiger partial charge on any atom is -0.359 e. The Labute approximate surface area is 148 Å². The van der Waals surface area contributed by atoms with E-state index in [1.807, 2.05) is 6.92 Å². The topological polar surface area (TPSA) is 62.0 Å². The number of hydrogen-bond donors (Lipinski definition) is 2. The van der Waals surface area contributed by atoms with E-state index < -0.39 is 0 Å². The molecule has 0 saturated heterocycles. The zero-order valence-electron chi connectivity index (χ0n) is 13.4. The first kappa shape index (κ1) is 18.0. The molecule has 2 N–H and O–H groups in total. The van der Waals surface area contributed by atoms with Gasteiger partial charge in [0.2, 0.25) is 5.43 Å². The molecule has 2 aromatic rings. The third-order valence-corrected chi connectivity index (χ3v) is 4.46. The highest BCUT2D eigenvalue weighted by Crippen LogP contribution is 2.24. The first-order chi connectivity index (χ1) is 10.8. The third-order valence-electron chi connectivity index (χ3n) is 3.70. The summed E-state index contributed by atoms with van der Waals surface area (Å²) in [6, 6.07) is 3.39. The highest BCUT2D eigenvalue weighted by Gasteiger charge is 2.16. The summed E-state index contributed by atoms with van der Waals surface area (Å²) in [5.41, 5.74) is 0.308. The van der Waals surface area contributed by atoms with Crippen molar-refractivity contribution >= 4 is 44.3 Å². The number of H-pyrrole nitrogens is 1. The summed E-state index contributed by atoms with van der Waals surface area (Å²) in [7, 11) is 0. The molecule has 0 saturated carbocycles. The number of carbonyl (C=O) groups is 1. The van der Waals surface area contributed by atoms with Crippen molar-refractivity contribution in [1.82, 2.24) is 10.3 Å². The summed E-state index contributed by atoms with van der Waals surface area (Å²) < 4.78 is 0.698. The lowest BCUT2D eigenvalue weighted by Crippen LogP contribution is -2.35. The van der Waals surface area contributed by atoms with Gasteiger partial charge >= 0.3 is 0 Å². The van der Waals surface area contributed by atoms with Crippen molar-refractivity contribution in [3.05, 3.63) is 43.6 Å². The zero-order chi connectivity index (χ0) is 17.1. The molecule has 0 aliphatic heterocycles. The van der Waals surface area contributed by atoms with Crippen LogP contribution in [0.2, 0.25) is 5.02 Å². The van der Waals surface area contributed by atoms with Crippen LogP contribution < -0.4 is 10.7 Å². The number of nitrogens with one attached hydrogen (secondary N) is 2. The fourth-order valence-corrected chi connectivity index (χ4v) is 3.24. The van der Waals surface area contributed by atoms with E-state index in [4.69, 9.17) is 11.6 Å². The second-order valence-electron chi connectivity index (χ2n) is 6.19. The molecule has 4 nitrogen and oxygen atoms in total. The molecule has 0 spiro atoms. The minimum atomic E-state index is -0.361. The van der Waals surface area contributed by atoms with Gasteiger partial charge in [0.05, 0.1) is 10.5 Å². The molecule has 0 fully saturated rings. The van der Waals surface area contributed by atoms with Crippen molar-refractivity contribution in [2.75, 3.05) is 0 Å². The van der Waals surface area contributed by atoms with E-state index in [1.54, 1.807) is 12.1 Å². The van der Waals surface area contributed by atoms with Crippen LogP contribution in [0, 0.1) is 5.92 Å². The lowest BCUT2D eigenvalue weighted by Gasteiger charge is -2.15. The smallest absolute Gasteiger partial charge is 0.256 e. The molecular weight excluding hydrogens is 380 g/mol. The van der Waals surface area contributed by atoms with E-state index in [0.29, 0.717) is 26.3 Å². The molecule has 1 heterocycles. The highest BCUT2D eigenvalue weighted by atomic mass is 79.9. The first-order valence-corrected chi connectivity index (χ1v) is 8.78. The second-order valence-corrected chi connectivity index (χ2v) is 7.51. The van der Waals surface area contributed by atoms with Crippen LogP contribution in [0.25, 0.3) is 10.9 Å². The maximum Gasteiger partial charge on any atom is 0.256 e. The largest absolute Gasteiger partial charge is 0.359 e. The quantitative estimate of drug-likeness (QED) is 0.777. The normalized spacial score (nSPS) is 12.6. The number of pyridine rings is 1. The molecule has 0 bridgehead atoms. The lowest BCUT2D eigenvalue weighted by molar-refractivity contribution is 0.0936. The SMILES string of the molecule is CC(C)CC[C@@H](C)NC(=O)c1c[nH]c2c(Cl)cc(Br)cc2c1=O. The monoisotopic (exact) mass is 398 g/mol. The van der Waals surface area contributed by atoms with Crippen LogP contribution in [0.5, 0.6) is 0 Å². The average molecular weight is 400 g/mol. The molecule has 2 rings (SSSR count). The Morgan fingerprint density at radius 1 is 1.30 bits per heavy atom. The van der Waals surface area contributed by atoms with Gasteiger partial charge in [0.1, 0.15) is 5.56 Å². The molecule has 23 heavy (non-hydrogen) atoms. The van der Waals surface area contributed by atoms with E-state index >= 15 is 0 Å². The van der Waals surface area contributed by atoms with E-state index in [9.17, 15) is 9.59 Å². The van der Waals surface area contributed by atoms with Crippen molar-refractivity contribution in [1.29, 1.82) is 0 Å². The lowest BCUT2D eigenvalue weighted by atomic mass is 10.0. The van der Waals surface area contributed by atoms with E-state index in [1.165, 1.54) is 6.20 Å². The first-order valence-electron chi connectivity index (χ1n) is 7.61.